The van der Waals surface area contributed by atoms with E-state index < -0.39 is 6.61 Å². The topological polar surface area (TPSA) is 70.7 Å². The monoisotopic (exact) mass is 498 g/mol. The highest BCUT2D eigenvalue weighted by Gasteiger charge is 2.26. The number of halogens is 3. The molecule has 182 valence electrons. The van der Waals surface area contributed by atoms with Crippen LogP contribution in [0.25, 0.3) is 17.1 Å². The van der Waals surface area contributed by atoms with Crippen LogP contribution in [0.5, 0.6) is 5.75 Å². The third kappa shape index (κ3) is 4.91. The first-order chi connectivity index (χ1) is 16.8. The predicted molar refractivity (Wildman–Crippen MR) is 128 cm³/mol. The summed E-state index contributed by atoms with van der Waals surface area (Å²) in [7, 11) is 0. The summed E-state index contributed by atoms with van der Waals surface area (Å²) < 4.78 is 33.3. The number of aromatic nitrogens is 6. The Bertz CT molecular complexity index is 1360. The summed E-state index contributed by atoms with van der Waals surface area (Å²) in [5.74, 6) is 1.40. The molecule has 5 rings (SSSR count). The quantitative estimate of drug-likeness (QED) is 0.311. The maximum atomic E-state index is 12.5. The molecule has 4 aromatic rings. The molecule has 0 aliphatic heterocycles. The molecule has 0 spiro atoms. The minimum Gasteiger partial charge on any atom is -0.435 e. The number of alkyl halides is 2. The van der Waals surface area contributed by atoms with Crippen molar-refractivity contribution in [1.29, 1.82) is 0 Å². The number of benzene rings is 1. The van der Waals surface area contributed by atoms with Crippen LogP contribution in [0.1, 0.15) is 41.2 Å². The van der Waals surface area contributed by atoms with E-state index in [-0.39, 0.29) is 5.75 Å². The lowest BCUT2D eigenvalue weighted by Crippen LogP contribution is -2.10. The van der Waals surface area contributed by atoms with Crippen molar-refractivity contribution in [1.82, 2.24) is 29.5 Å². The van der Waals surface area contributed by atoms with Crippen molar-refractivity contribution in [2.24, 2.45) is 5.92 Å². The number of hydrogen-bond acceptors (Lipinski definition) is 5. The van der Waals surface area contributed by atoms with Gasteiger partial charge in [-0.25, -0.2) is 14.6 Å². The highest BCUT2D eigenvalue weighted by Crippen LogP contribution is 2.34. The summed E-state index contributed by atoms with van der Waals surface area (Å²) in [5, 5.41) is 10.0. The molecule has 0 amide bonds. The third-order valence-corrected chi connectivity index (χ3v) is 6.83. The fraction of sp³-hybridized carbons (Fsp3) is 0.360. The molecule has 0 saturated heterocycles. The number of hydrogen-bond donors (Lipinski definition) is 0. The second-order valence-corrected chi connectivity index (χ2v) is 9.27. The van der Waals surface area contributed by atoms with Gasteiger partial charge < -0.3 is 4.74 Å². The molecule has 7 nitrogen and oxygen atoms in total. The van der Waals surface area contributed by atoms with Gasteiger partial charge in [-0.3, -0.25) is 4.68 Å². The van der Waals surface area contributed by atoms with Crippen LogP contribution in [0, 0.1) is 26.7 Å². The van der Waals surface area contributed by atoms with Crippen LogP contribution >= 0.6 is 11.6 Å². The van der Waals surface area contributed by atoms with Crippen LogP contribution in [0.3, 0.4) is 0 Å². The molecule has 1 aliphatic rings. The summed E-state index contributed by atoms with van der Waals surface area (Å²) >= 11 is 6.33. The Hall–Kier alpha value is -3.33. The van der Waals surface area contributed by atoms with Gasteiger partial charge in [0, 0.05) is 30.3 Å². The van der Waals surface area contributed by atoms with Crippen molar-refractivity contribution in [3.63, 3.8) is 0 Å². The van der Waals surface area contributed by atoms with E-state index in [2.05, 4.69) is 24.5 Å². The first-order valence-electron chi connectivity index (χ1n) is 11.4. The van der Waals surface area contributed by atoms with Gasteiger partial charge in [0.1, 0.15) is 12.1 Å². The molecular formula is C25H25ClF2N6O. The van der Waals surface area contributed by atoms with E-state index >= 15 is 0 Å². The molecule has 35 heavy (non-hydrogen) atoms. The zero-order valence-electron chi connectivity index (χ0n) is 19.7. The van der Waals surface area contributed by atoms with Gasteiger partial charge in [0.15, 0.2) is 5.82 Å². The zero-order chi connectivity index (χ0) is 24.7. The fourth-order valence-corrected chi connectivity index (χ4v) is 4.31. The van der Waals surface area contributed by atoms with E-state index in [4.69, 9.17) is 16.7 Å². The van der Waals surface area contributed by atoms with E-state index in [1.54, 1.807) is 16.8 Å². The maximum absolute atomic E-state index is 12.5. The molecule has 1 saturated carbocycles. The normalized spacial score (nSPS) is 13.6. The Labute approximate surface area is 206 Å². The SMILES string of the molecule is Cc1nn(-c2cc(Cc3c(C)c(-c4ccc(OC(F)F)cc4)nn3CC3CC3)ncn2)c(C)c1Cl. The van der Waals surface area contributed by atoms with Gasteiger partial charge in [0.2, 0.25) is 0 Å². The van der Waals surface area contributed by atoms with Gasteiger partial charge in [0.05, 0.1) is 27.8 Å². The Balaban J connectivity index is 1.48. The van der Waals surface area contributed by atoms with Crippen molar-refractivity contribution in [3.8, 4) is 22.8 Å². The average molecular weight is 499 g/mol. The second kappa shape index (κ2) is 9.37. The number of aryl methyl sites for hydroxylation is 1. The van der Waals surface area contributed by atoms with Gasteiger partial charge in [-0.05, 0) is 69.4 Å². The van der Waals surface area contributed by atoms with Gasteiger partial charge >= 0.3 is 6.61 Å². The Morgan fingerprint density at radius 3 is 2.46 bits per heavy atom. The molecule has 1 aliphatic carbocycles. The zero-order valence-corrected chi connectivity index (χ0v) is 20.4. The molecule has 3 heterocycles. The number of nitrogens with zero attached hydrogens (tertiary/aromatic N) is 6. The van der Waals surface area contributed by atoms with Crippen molar-refractivity contribution < 1.29 is 13.5 Å². The lowest BCUT2D eigenvalue weighted by Gasteiger charge is -2.09. The lowest BCUT2D eigenvalue weighted by atomic mass is 10.0. The molecule has 1 fully saturated rings. The Morgan fingerprint density at radius 2 is 1.83 bits per heavy atom. The van der Waals surface area contributed by atoms with Crippen LogP contribution in [0.4, 0.5) is 8.78 Å². The molecule has 0 atom stereocenters. The Kier molecular flexibility index (Phi) is 6.27. The van der Waals surface area contributed by atoms with Crippen molar-refractivity contribution in [2.75, 3.05) is 0 Å². The van der Waals surface area contributed by atoms with Crippen LogP contribution in [-0.4, -0.2) is 36.1 Å². The number of rotatable bonds is 8. The molecule has 0 radical (unpaired) electrons. The van der Waals surface area contributed by atoms with Crippen molar-refractivity contribution in [2.45, 2.75) is 53.2 Å². The Morgan fingerprint density at radius 1 is 1.09 bits per heavy atom. The van der Waals surface area contributed by atoms with Crippen LogP contribution in [-0.2, 0) is 13.0 Å². The average Bonchev–Trinajstić information content (AvgIpc) is 3.56. The summed E-state index contributed by atoms with van der Waals surface area (Å²) in [6.07, 6.45) is 4.50. The number of ether oxygens (including phenoxy) is 1. The molecule has 0 unspecified atom stereocenters. The predicted octanol–water partition coefficient (Wildman–Crippen LogP) is 5.71. The van der Waals surface area contributed by atoms with Gasteiger partial charge in [-0.1, -0.05) is 11.6 Å². The minimum absolute atomic E-state index is 0.122. The van der Waals surface area contributed by atoms with E-state index in [9.17, 15) is 8.78 Å². The summed E-state index contributed by atoms with van der Waals surface area (Å²) in [6.45, 7) is 3.79. The van der Waals surface area contributed by atoms with Crippen LogP contribution < -0.4 is 4.74 Å². The first-order valence-corrected chi connectivity index (χ1v) is 11.8. The van der Waals surface area contributed by atoms with Gasteiger partial charge in [-0.15, -0.1) is 0 Å². The fourth-order valence-electron chi connectivity index (χ4n) is 4.19. The maximum Gasteiger partial charge on any atom is 0.387 e. The summed E-state index contributed by atoms with van der Waals surface area (Å²) in [6, 6.07) is 8.51. The van der Waals surface area contributed by atoms with Crippen LogP contribution in [0.2, 0.25) is 5.02 Å². The second-order valence-electron chi connectivity index (χ2n) is 8.89. The van der Waals surface area contributed by atoms with E-state index in [1.807, 2.05) is 26.8 Å². The van der Waals surface area contributed by atoms with Crippen molar-refractivity contribution >= 4 is 11.6 Å². The van der Waals surface area contributed by atoms with E-state index in [0.717, 1.165) is 46.1 Å². The molecule has 3 aromatic heterocycles. The molecule has 0 N–H and O–H groups in total. The first kappa shape index (κ1) is 23.4. The molecule has 1 aromatic carbocycles. The third-order valence-electron chi connectivity index (χ3n) is 6.28. The highest BCUT2D eigenvalue weighted by atomic mass is 35.5. The smallest absolute Gasteiger partial charge is 0.387 e. The van der Waals surface area contributed by atoms with Crippen molar-refractivity contribution in [3.05, 3.63) is 70.0 Å². The van der Waals surface area contributed by atoms with E-state index in [0.29, 0.717) is 23.2 Å². The molecular weight excluding hydrogens is 474 g/mol. The standard InChI is InChI=1S/C25H25ClF2N6O/c1-14-21(10-19-11-22(30-13-29-19)34-16(3)23(26)15(2)31-34)33(12-17-4-5-17)32-24(14)18-6-8-20(9-7-18)35-25(27)28/h6-9,11,13,17,25H,4-5,10,12H2,1-3H3. The highest BCUT2D eigenvalue weighted by molar-refractivity contribution is 6.31. The minimum atomic E-state index is -2.85. The van der Waals surface area contributed by atoms with E-state index in [1.165, 1.54) is 31.3 Å². The summed E-state index contributed by atoms with van der Waals surface area (Å²) in [5.41, 5.74) is 6.18. The molecule has 0 bridgehead atoms. The van der Waals surface area contributed by atoms with Crippen LogP contribution in [0.15, 0.2) is 36.7 Å². The summed E-state index contributed by atoms with van der Waals surface area (Å²) in [4.78, 5) is 8.90. The largest absolute Gasteiger partial charge is 0.435 e. The molecule has 10 heteroatoms. The van der Waals surface area contributed by atoms with Gasteiger partial charge in [-0.2, -0.15) is 19.0 Å². The lowest BCUT2D eigenvalue weighted by molar-refractivity contribution is -0.0498. The van der Waals surface area contributed by atoms with Gasteiger partial charge in [0.25, 0.3) is 0 Å².